The Hall–Kier alpha value is -3.32. The largest absolute Gasteiger partial charge is 0.481 e. The van der Waals surface area contributed by atoms with E-state index in [1.165, 1.54) is 12.1 Å². The molecule has 0 saturated carbocycles. The Bertz CT molecular complexity index is 1210. The standard InChI is InChI=1S/C27H24F7NO2/c1-16(2)3-10-23(18-4-6-19(7-5-18)26(29,30)31)35-12-11-17(14-25(36)37)13-24(35)21-9-8-20(15-22(21)28)27(32,33)34/h4-9,15,17,23-24H,1,11-14H2,2H3,(H,36,37)/t17-,23+,24-/m0/s1. The Labute approximate surface area is 209 Å². The van der Waals surface area contributed by atoms with Crippen molar-refractivity contribution in [3.63, 3.8) is 0 Å². The van der Waals surface area contributed by atoms with Crippen LogP contribution >= 0.6 is 0 Å². The van der Waals surface area contributed by atoms with E-state index < -0.39 is 47.3 Å². The number of piperidine rings is 1. The van der Waals surface area contributed by atoms with E-state index >= 15 is 4.39 Å². The molecule has 0 bridgehead atoms. The van der Waals surface area contributed by atoms with Crippen LogP contribution in [0.3, 0.4) is 0 Å². The SMILES string of the molecule is C=C(C)C#C[C@H](c1ccc(C(F)(F)F)cc1)N1CC[C@H](CC(=O)O)C[C@H]1c1ccc(C(F)(F)F)cc1F. The van der Waals surface area contributed by atoms with Crippen LogP contribution in [0.4, 0.5) is 30.7 Å². The van der Waals surface area contributed by atoms with Gasteiger partial charge in [-0.05, 0) is 61.1 Å². The summed E-state index contributed by atoms with van der Waals surface area (Å²) in [6.07, 6.45) is -9.04. The minimum atomic E-state index is -4.76. The Balaban J connectivity index is 2.09. The maximum absolute atomic E-state index is 15.1. The molecule has 0 aliphatic carbocycles. The highest BCUT2D eigenvalue weighted by Crippen LogP contribution is 2.43. The van der Waals surface area contributed by atoms with E-state index in [4.69, 9.17) is 0 Å². The van der Waals surface area contributed by atoms with E-state index in [1.54, 1.807) is 11.8 Å². The van der Waals surface area contributed by atoms with Gasteiger partial charge in [0.05, 0.1) is 17.2 Å². The predicted octanol–water partition coefficient (Wildman–Crippen LogP) is 7.41. The number of carbonyl (C=O) groups is 1. The van der Waals surface area contributed by atoms with Crippen molar-refractivity contribution in [3.8, 4) is 11.8 Å². The zero-order valence-corrected chi connectivity index (χ0v) is 19.8. The van der Waals surface area contributed by atoms with Crippen LogP contribution in [-0.4, -0.2) is 22.5 Å². The summed E-state index contributed by atoms with van der Waals surface area (Å²) in [7, 11) is 0. The van der Waals surface area contributed by atoms with Gasteiger partial charge in [0.2, 0.25) is 0 Å². The molecule has 1 saturated heterocycles. The van der Waals surface area contributed by atoms with Crippen molar-refractivity contribution in [3.05, 3.63) is 82.7 Å². The number of carboxylic acids is 1. The number of benzene rings is 2. The summed E-state index contributed by atoms with van der Waals surface area (Å²) in [5.74, 6) is 3.19. The molecule has 1 aliphatic rings. The fourth-order valence-corrected chi connectivity index (χ4v) is 4.48. The Morgan fingerprint density at radius 3 is 2.19 bits per heavy atom. The number of halogens is 7. The summed E-state index contributed by atoms with van der Waals surface area (Å²) in [6, 6.07) is 4.75. The lowest BCUT2D eigenvalue weighted by Gasteiger charge is -2.42. The maximum atomic E-state index is 15.1. The van der Waals surface area contributed by atoms with Crippen molar-refractivity contribution in [2.45, 2.75) is 50.6 Å². The molecule has 0 unspecified atom stereocenters. The third kappa shape index (κ3) is 7.13. The molecule has 3 nitrogen and oxygen atoms in total. The monoisotopic (exact) mass is 527 g/mol. The maximum Gasteiger partial charge on any atom is 0.416 e. The van der Waals surface area contributed by atoms with Gasteiger partial charge in [-0.2, -0.15) is 26.3 Å². The van der Waals surface area contributed by atoms with Gasteiger partial charge in [0.25, 0.3) is 0 Å². The van der Waals surface area contributed by atoms with Crippen LogP contribution in [0.15, 0.2) is 54.6 Å². The van der Waals surface area contributed by atoms with Crippen molar-refractivity contribution in [2.75, 3.05) is 6.54 Å². The normalized spacial score (nSPS) is 19.6. The van der Waals surface area contributed by atoms with Crippen LogP contribution in [0.5, 0.6) is 0 Å². The van der Waals surface area contributed by atoms with Crippen molar-refractivity contribution < 1.29 is 40.6 Å². The lowest BCUT2D eigenvalue weighted by molar-refractivity contribution is -0.139. The molecule has 3 atom stereocenters. The summed E-state index contributed by atoms with van der Waals surface area (Å²) >= 11 is 0. The Morgan fingerprint density at radius 1 is 1.08 bits per heavy atom. The molecule has 0 aromatic heterocycles. The molecule has 198 valence electrons. The van der Waals surface area contributed by atoms with Crippen LogP contribution in [0.25, 0.3) is 0 Å². The second-order valence-corrected chi connectivity index (χ2v) is 9.05. The topological polar surface area (TPSA) is 40.5 Å². The molecular weight excluding hydrogens is 503 g/mol. The molecule has 2 aromatic carbocycles. The number of nitrogens with zero attached hydrogens (tertiary/aromatic N) is 1. The lowest BCUT2D eigenvalue weighted by atomic mass is 9.83. The highest BCUT2D eigenvalue weighted by molar-refractivity contribution is 5.67. The molecule has 1 N–H and O–H groups in total. The summed E-state index contributed by atoms with van der Waals surface area (Å²) in [5.41, 5.74) is -1.27. The van der Waals surface area contributed by atoms with Gasteiger partial charge in [-0.1, -0.05) is 36.6 Å². The van der Waals surface area contributed by atoms with E-state index in [1.807, 2.05) is 0 Å². The number of likely N-dealkylation sites (tertiary alicyclic amines) is 1. The second kappa shape index (κ2) is 11.0. The van der Waals surface area contributed by atoms with E-state index in [0.29, 0.717) is 23.6 Å². The second-order valence-electron chi connectivity index (χ2n) is 9.05. The lowest BCUT2D eigenvalue weighted by Crippen LogP contribution is -2.40. The number of aliphatic carboxylic acids is 1. The van der Waals surface area contributed by atoms with Gasteiger partial charge in [0.15, 0.2) is 0 Å². The van der Waals surface area contributed by atoms with E-state index in [-0.39, 0.29) is 30.9 Å². The van der Waals surface area contributed by atoms with Gasteiger partial charge >= 0.3 is 18.3 Å². The predicted molar refractivity (Wildman–Crippen MR) is 123 cm³/mol. The first-order valence-corrected chi connectivity index (χ1v) is 11.3. The first-order chi connectivity index (χ1) is 17.2. The average Bonchev–Trinajstić information content (AvgIpc) is 2.78. The fourth-order valence-electron chi connectivity index (χ4n) is 4.48. The van der Waals surface area contributed by atoms with Gasteiger partial charge in [0.1, 0.15) is 5.82 Å². The van der Waals surface area contributed by atoms with Crippen LogP contribution < -0.4 is 0 Å². The number of hydrogen-bond donors (Lipinski definition) is 1. The average molecular weight is 527 g/mol. The fraction of sp³-hybridized carbons (Fsp3) is 0.370. The number of hydrogen-bond acceptors (Lipinski definition) is 2. The van der Waals surface area contributed by atoms with Crippen LogP contribution in [0.2, 0.25) is 0 Å². The van der Waals surface area contributed by atoms with Gasteiger partial charge in [-0.25, -0.2) is 4.39 Å². The summed E-state index contributed by atoms with van der Waals surface area (Å²) in [6.45, 7) is 5.53. The highest BCUT2D eigenvalue weighted by Gasteiger charge is 2.38. The van der Waals surface area contributed by atoms with Crippen molar-refractivity contribution in [1.82, 2.24) is 4.90 Å². The number of allylic oxidation sites excluding steroid dienone is 1. The smallest absolute Gasteiger partial charge is 0.416 e. The van der Waals surface area contributed by atoms with E-state index in [2.05, 4.69) is 18.4 Å². The van der Waals surface area contributed by atoms with E-state index in [9.17, 15) is 36.2 Å². The van der Waals surface area contributed by atoms with Gasteiger partial charge in [-0.3, -0.25) is 9.69 Å². The minimum Gasteiger partial charge on any atom is -0.481 e. The van der Waals surface area contributed by atoms with Gasteiger partial charge < -0.3 is 5.11 Å². The molecule has 3 rings (SSSR count). The summed E-state index contributed by atoms with van der Waals surface area (Å²) in [5, 5.41) is 9.26. The van der Waals surface area contributed by atoms with Crippen molar-refractivity contribution >= 4 is 5.97 Å². The van der Waals surface area contributed by atoms with Crippen LogP contribution in [-0.2, 0) is 17.1 Å². The first-order valence-electron chi connectivity index (χ1n) is 11.3. The number of carboxylic acid groups (broad SMARTS) is 1. The van der Waals surface area contributed by atoms with Crippen LogP contribution in [0.1, 0.15) is 60.5 Å². The summed E-state index contributed by atoms with van der Waals surface area (Å²) < 4.78 is 93.7. The number of alkyl halides is 6. The highest BCUT2D eigenvalue weighted by atomic mass is 19.4. The zero-order chi connectivity index (χ0) is 27.5. The first kappa shape index (κ1) is 28.3. The molecule has 1 aliphatic heterocycles. The third-order valence-corrected chi connectivity index (χ3v) is 6.21. The third-order valence-electron chi connectivity index (χ3n) is 6.21. The van der Waals surface area contributed by atoms with Gasteiger partial charge in [0, 0.05) is 24.6 Å². The van der Waals surface area contributed by atoms with Gasteiger partial charge in [-0.15, -0.1) is 0 Å². The molecule has 0 radical (unpaired) electrons. The van der Waals surface area contributed by atoms with E-state index in [0.717, 1.165) is 24.3 Å². The Morgan fingerprint density at radius 2 is 1.68 bits per heavy atom. The van der Waals surface area contributed by atoms with Crippen molar-refractivity contribution in [2.24, 2.45) is 5.92 Å². The molecule has 0 amide bonds. The molecule has 1 heterocycles. The Kier molecular flexibility index (Phi) is 8.38. The van der Waals surface area contributed by atoms with Crippen molar-refractivity contribution in [1.29, 1.82) is 0 Å². The molecule has 0 spiro atoms. The molecule has 2 aromatic rings. The molecule has 37 heavy (non-hydrogen) atoms. The van der Waals surface area contributed by atoms with Crippen LogP contribution in [0, 0.1) is 23.6 Å². The molecule has 10 heteroatoms. The quantitative estimate of drug-likeness (QED) is 0.325. The molecular formula is C27H24F7NO2. The minimum absolute atomic E-state index is 0.0721. The summed E-state index contributed by atoms with van der Waals surface area (Å²) in [4.78, 5) is 13.0. The number of rotatable bonds is 5. The zero-order valence-electron chi connectivity index (χ0n) is 19.8. The molecule has 1 fully saturated rings.